The van der Waals surface area contributed by atoms with Crippen LogP contribution in [0.2, 0.25) is 0 Å². The first-order valence-corrected chi connectivity index (χ1v) is 6.81. The molecule has 106 valence electrons. The van der Waals surface area contributed by atoms with Crippen LogP contribution in [0.15, 0.2) is 43.0 Å². The molecular weight excluding hydrogens is 252 g/mol. The molecule has 2 rings (SSSR count). The number of aromatic nitrogens is 2. The molecule has 0 aliphatic heterocycles. The van der Waals surface area contributed by atoms with Crippen LogP contribution in [0.25, 0.3) is 0 Å². The van der Waals surface area contributed by atoms with Gasteiger partial charge in [-0.2, -0.15) is 0 Å². The largest absolute Gasteiger partial charge is 0.399 e. The molecule has 0 bridgehead atoms. The fourth-order valence-corrected chi connectivity index (χ4v) is 1.94. The lowest BCUT2D eigenvalue weighted by Gasteiger charge is -2.06. The minimum absolute atomic E-state index is 0.0902. The van der Waals surface area contributed by atoms with E-state index in [1.54, 1.807) is 12.5 Å². The topological polar surface area (TPSA) is 72.9 Å². The number of anilines is 1. The van der Waals surface area contributed by atoms with Gasteiger partial charge < -0.3 is 15.6 Å². The molecule has 1 aromatic carbocycles. The number of carbonyl (C=O) groups excluding carboxylic acids is 1. The molecule has 0 fully saturated rings. The molecule has 0 spiro atoms. The van der Waals surface area contributed by atoms with Gasteiger partial charge in [-0.3, -0.25) is 4.79 Å². The lowest BCUT2D eigenvalue weighted by atomic mass is 10.1. The fraction of sp³-hybridized carbons (Fsp3) is 0.333. The molecule has 1 amide bonds. The third-order valence-electron chi connectivity index (χ3n) is 3.09. The minimum Gasteiger partial charge on any atom is -0.399 e. The van der Waals surface area contributed by atoms with Gasteiger partial charge in [-0.05, 0) is 30.5 Å². The monoisotopic (exact) mass is 272 g/mol. The van der Waals surface area contributed by atoms with E-state index in [4.69, 9.17) is 5.73 Å². The van der Waals surface area contributed by atoms with Gasteiger partial charge in [0.1, 0.15) is 0 Å². The SMILES string of the molecule is Nc1ccc(CCC(=O)NCCCn2ccnc2)cc1. The molecule has 0 radical (unpaired) electrons. The molecule has 0 atom stereocenters. The van der Waals surface area contributed by atoms with Crippen molar-refractivity contribution in [1.82, 2.24) is 14.9 Å². The lowest BCUT2D eigenvalue weighted by Crippen LogP contribution is -2.25. The van der Waals surface area contributed by atoms with E-state index in [0.29, 0.717) is 13.0 Å². The smallest absolute Gasteiger partial charge is 0.220 e. The van der Waals surface area contributed by atoms with E-state index in [-0.39, 0.29) is 5.91 Å². The Hall–Kier alpha value is -2.30. The molecule has 0 saturated heterocycles. The zero-order valence-corrected chi connectivity index (χ0v) is 11.5. The Bertz CT molecular complexity index is 519. The van der Waals surface area contributed by atoms with Gasteiger partial charge in [-0.1, -0.05) is 12.1 Å². The van der Waals surface area contributed by atoms with Crippen molar-refractivity contribution in [1.29, 1.82) is 0 Å². The van der Waals surface area contributed by atoms with Crippen LogP contribution in [0.1, 0.15) is 18.4 Å². The van der Waals surface area contributed by atoms with Crippen molar-refractivity contribution in [3.8, 4) is 0 Å². The number of rotatable bonds is 7. The van der Waals surface area contributed by atoms with Crippen molar-refractivity contribution in [2.45, 2.75) is 25.8 Å². The average molecular weight is 272 g/mol. The first-order chi connectivity index (χ1) is 9.74. The highest BCUT2D eigenvalue weighted by atomic mass is 16.1. The summed E-state index contributed by atoms with van der Waals surface area (Å²) in [5.74, 6) is 0.0902. The summed E-state index contributed by atoms with van der Waals surface area (Å²) in [7, 11) is 0. The van der Waals surface area contributed by atoms with Crippen molar-refractivity contribution in [2.24, 2.45) is 0 Å². The molecule has 20 heavy (non-hydrogen) atoms. The van der Waals surface area contributed by atoms with Gasteiger partial charge in [0, 0.05) is 37.6 Å². The molecular formula is C15H20N4O. The second-order valence-electron chi connectivity index (χ2n) is 4.75. The van der Waals surface area contributed by atoms with Crippen LogP contribution in [0.3, 0.4) is 0 Å². The van der Waals surface area contributed by atoms with E-state index >= 15 is 0 Å². The maximum Gasteiger partial charge on any atom is 0.220 e. The van der Waals surface area contributed by atoms with E-state index in [2.05, 4.69) is 10.3 Å². The standard InChI is InChI=1S/C15H20N4O/c16-14-5-2-13(3-6-14)4-7-15(20)18-8-1-10-19-11-9-17-12-19/h2-3,5-6,9,11-12H,1,4,7-8,10,16H2,(H,18,20). The van der Waals surface area contributed by atoms with Crippen LogP contribution in [0, 0.1) is 0 Å². The molecule has 0 aliphatic rings. The van der Waals surface area contributed by atoms with Crippen molar-refractivity contribution in [3.63, 3.8) is 0 Å². The molecule has 0 unspecified atom stereocenters. The van der Waals surface area contributed by atoms with Gasteiger partial charge in [0.05, 0.1) is 6.33 Å². The van der Waals surface area contributed by atoms with Gasteiger partial charge in [0.25, 0.3) is 0 Å². The van der Waals surface area contributed by atoms with Crippen LogP contribution >= 0.6 is 0 Å². The Balaban J connectivity index is 1.59. The van der Waals surface area contributed by atoms with Crippen LogP contribution in [-0.4, -0.2) is 22.0 Å². The summed E-state index contributed by atoms with van der Waals surface area (Å²) in [6.07, 6.45) is 7.61. The van der Waals surface area contributed by atoms with E-state index in [0.717, 1.165) is 30.6 Å². The zero-order valence-electron chi connectivity index (χ0n) is 11.5. The van der Waals surface area contributed by atoms with Crippen molar-refractivity contribution in [2.75, 3.05) is 12.3 Å². The number of nitrogens with one attached hydrogen (secondary N) is 1. The highest BCUT2D eigenvalue weighted by molar-refractivity contribution is 5.76. The van der Waals surface area contributed by atoms with Gasteiger partial charge in [0.2, 0.25) is 5.91 Å². The quantitative estimate of drug-likeness (QED) is 0.594. The zero-order chi connectivity index (χ0) is 14.2. The maximum absolute atomic E-state index is 11.7. The summed E-state index contributed by atoms with van der Waals surface area (Å²) in [6.45, 7) is 1.57. The molecule has 0 aliphatic carbocycles. The summed E-state index contributed by atoms with van der Waals surface area (Å²) < 4.78 is 2.00. The number of imidazole rings is 1. The van der Waals surface area contributed by atoms with Crippen molar-refractivity contribution >= 4 is 11.6 Å². The highest BCUT2D eigenvalue weighted by Crippen LogP contribution is 2.07. The molecule has 2 aromatic rings. The third-order valence-corrected chi connectivity index (χ3v) is 3.09. The van der Waals surface area contributed by atoms with E-state index < -0.39 is 0 Å². The third kappa shape index (κ3) is 4.76. The summed E-state index contributed by atoms with van der Waals surface area (Å²) in [4.78, 5) is 15.7. The predicted octanol–water partition coefficient (Wildman–Crippen LogP) is 1.60. The summed E-state index contributed by atoms with van der Waals surface area (Å²) >= 11 is 0. The van der Waals surface area contributed by atoms with Crippen LogP contribution in [-0.2, 0) is 17.8 Å². The Labute approximate surface area is 118 Å². The second kappa shape index (κ2) is 7.33. The maximum atomic E-state index is 11.7. The van der Waals surface area contributed by atoms with Gasteiger partial charge in [0.15, 0.2) is 0 Å². The number of carbonyl (C=O) groups is 1. The number of benzene rings is 1. The Morgan fingerprint density at radius 1 is 1.30 bits per heavy atom. The molecule has 0 saturated carbocycles. The van der Waals surface area contributed by atoms with E-state index in [1.165, 1.54) is 0 Å². The first kappa shape index (κ1) is 14.1. The van der Waals surface area contributed by atoms with Crippen molar-refractivity contribution in [3.05, 3.63) is 48.5 Å². The summed E-state index contributed by atoms with van der Waals surface area (Å²) in [5, 5.41) is 2.93. The van der Waals surface area contributed by atoms with Crippen LogP contribution in [0.4, 0.5) is 5.69 Å². The highest BCUT2D eigenvalue weighted by Gasteiger charge is 2.01. The van der Waals surface area contributed by atoms with Gasteiger partial charge >= 0.3 is 0 Å². The number of nitrogens with zero attached hydrogens (tertiary/aromatic N) is 2. The van der Waals surface area contributed by atoms with Crippen LogP contribution in [0.5, 0.6) is 0 Å². The number of amides is 1. The number of nitrogen functional groups attached to an aromatic ring is 1. The number of nitrogens with two attached hydrogens (primary N) is 1. The van der Waals surface area contributed by atoms with E-state index in [9.17, 15) is 4.79 Å². The Kier molecular flexibility index (Phi) is 5.17. The van der Waals surface area contributed by atoms with Gasteiger partial charge in [-0.15, -0.1) is 0 Å². The molecule has 5 nitrogen and oxygen atoms in total. The lowest BCUT2D eigenvalue weighted by molar-refractivity contribution is -0.121. The number of hydrogen-bond acceptors (Lipinski definition) is 3. The minimum atomic E-state index is 0.0902. The first-order valence-electron chi connectivity index (χ1n) is 6.81. The Morgan fingerprint density at radius 3 is 2.80 bits per heavy atom. The fourth-order valence-electron chi connectivity index (χ4n) is 1.94. The average Bonchev–Trinajstić information content (AvgIpc) is 2.96. The molecule has 1 aromatic heterocycles. The predicted molar refractivity (Wildman–Crippen MR) is 79.0 cm³/mol. The summed E-state index contributed by atoms with van der Waals surface area (Å²) in [6, 6.07) is 7.64. The molecule has 1 heterocycles. The van der Waals surface area contributed by atoms with E-state index in [1.807, 2.05) is 35.0 Å². The Morgan fingerprint density at radius 2 is 2.10 bits per heavy atom. The number of aryl methyl sites for hydroxylation is 2. The number of hydrogen-bond donors (Lipinski definition) is 2. The normalized spacial score (nSPS) is 10.4. The second-order valence-corrected chi connectivity index (χ2v) is 4.75. The van der Waals surface area contributed by atoms with Crippen LogP contribution < -0.4 is 11.1 Å². The molecule has 5 heteroatoms. The summed E-state index contributed by atoms with van der Waals surface area (Å²) in [5.41, 5.74) is 7.50. The molecule has 3 N–H and O–H groups in total. The van der Waals surface area contributed by atoms with Crippen molar-refractivity contribution < 1.29 is 4.79 Å². The van der Waals surface area contributed by atoms with Gasteiger partial charge in [-0.25, -0.2) is 4.98 Å².